The molecule has 9 nitrogen and oxygen atoms in total. The van der Waals surface area contributed by atoms with Crippen LogP contribution in [-0.2, 0) is 6.61 Å². The molecule has 0 aliphatic rings. The number of hydrazone groups is 1. The Hall–Kier alpha value is -3.40. The number of nitrogen functional groups attached to an aromatic ring is 1. The summed E-state index contributed by atoms with van der Waals surface area (Å²) in [4.78, 5) is 0. The number of aryl methyl sites for hydroxylation is 1. The van der Waals surface area contributed by atoms with Gasteiger partial charge in [-0.1, -0.05) is 24.3 Å². The van der Waals surface area contributed by atoms with Crippen LogP contribution in [0.5, 0.6) is 11.5 Å². The van der Waals surface area contributed by atoms with Crippen molar-refractivity contribution in [3.8, 4) is 11.5 Å². The number of nitrogens with one attached hydrogen (secondary N) is 1. The molecule has 2 aromatic carbocycles. The van der Waals surface area contributed by atoms with Crippen molar-refractivity contribution in [2.45, 2.75) is 13.5 Å². The largest absolute Gasteiger partial charge is 0.493 e. The second-order valence-corrected chi connectivity index (χ2v) is 6.87. The van der Waals surface area contributed by atoms with Gasteiger partial charge < -0.3 is 20.9 Å². The molecule has 0 spiro atoms. The minimum atomic E-state index is 0.0456. The van der Waals surface area contributed by atoms with Crippen LogP contribution in [0.3, 0.4) is 0 Å². The molecule has 0 unspecified atom stereocenters. The molecule has 0 aliphatic heterocycles. The Morgan fingerprint density at radius 2 is 2.10 bits per heavy atom. The number of amidine groups is 1. The molecule has 0 saturated heterocycles. The van der Waals surface area contributed by atoms with Gasteiger partial charge in [0.1, 0.15) is 6.61 Å². The number of nitrogens with zero attached hydrogens (tertiary/aromatic N) is 3. The zero-order valence-electron chi connectivity index (χ0n) is 15.8. The van der Waals surface area contributed by atoms with Crippen LogP contribution in [0.2, 0.25) is 0 Å². The lowest BCUT2D eigenvalue weighted by Crippen LogP contribution is -2.63. The Bertz CT molecular complexity index is 1060. The number of rotatable bonds is 7. The second-order valence-electron chi connectivity index (χ2n) is 6.02. The van der Waals surface area contributed by atoms with E-state index in [-0.39, 0.29) is 17.3 Å². The number of benzene rings is 2. The van der Waals surface area contributed by atoms with E-state index in [1.165, 1.54) is 0 Å². The van der Waals surface area contributed by atoms with Gasteiger partial charge in [0.25, 0.3) is 0 Å². The molecule has 10 heteroatoms. The summed E-state index contributed by atoms with van der Waals surface area (Å²) in [5, 5.41) is 13.7. The first-order valence-corrected chi connectivity index (χ1v) is 9.34. The van der Waals surface area contributed by atoms with Crippen LogP contribution in [0.25, 0.3) is 0 Å². The Kier molecular flexibility index (Phi) is 6.45. The average Bonchev–Trinajstić information content (AvgIpc) is 3.14. The third-order valence-corrected chi connectivity index (χ3v) is 4.65. The van der Waals surface area contributed by atoms with Crippen LogP contribution in [0.15, 0.2) is 50.6 Å². The van der Waals surface area contributed by atoms with E-state index >= 15 is 0 Å². The van der Waals surface area contributed by atoms with E-state index < -0.39 is 0 Å². The SMILES string of the molecule is COc1cc(/C=[NH+]/N=C(N)c2nonc2N)cc(Br)c1OCc1ccccc1C. The predicted molar refractivity (Wildman–Crippen MR) is 112 cm³/mol. The Morgan fingerprint density at radius 3 is 2.79 bits per heavy atom. The molecule has 5 N–H and O–H groups in total. The van der Waals surface area contributed by atoms with Crippen molar-refractivity contribution < 1.29 is 19.2 Å². The van der Waals surface area contributed by atoms with Gasteiger partial charge in [-0.05, 0) is 56.4 Å². The maximum atomic E-state index is 5.99. The summed E-state index contributed by atoms with van der Waals surface area (Å²) in [7, 11) is 1.58. The molecule has 150 valence electrons. The molecule has 0 amide bonds. The lowest BCUT2D eigenvalue weighted by atomic mass is 10.1. The summed E-state index contributed by atoms with van der Waals surface area (Å²) in [6.07, 6.45) is 1.63. The van der Waals surface area contributed by atoms with Crippen molar-refractivity contribution in [2.24, 2.45) is 10.8 Å². The molecule has 0 aliphatic carbocycles. The van der Waals surface area contributed by atoms with Crippen molar-refractivity contribution in [2.75, 3.05) is 12.8 Å². The molecule has 29 heavy (non-hydrogen) atoms. The molecule has 0 fully saturated rings. The quantitative estimate of drug-likeness (QED) is 0.273. The molecule has 0 saturated carbocycles. The summed E-state index contributed by atoms with van der Waals surface area (Å²) in [5.41, 5.74) is 14.6. The van der Waals surface area contributed by atoms with E-state index in [2.05, 4.69) is 41.1 Å². The van der Waals surface area contributed by atoms with Gasteiger partial charge in [-0.15, -0.1) is 5.10 Å². The van der Waals surface area contributed by atoms with Crippen LogP contribution in [0.4, 0.5) is 5.82 Å². The van der Waals surface area contributed by atoms with E-state index in [0.717, 1.165) is 21.2 Å². The number of nitrogens with two attached hydrogens (primary N) is 2. The molecule has 3 aromatic rings. The van der Waals surface area contributed by atoms with E-state index in [0.29, 0.717) is 18.1 Å². The number of methoxy groups -OCH3 is 1. The number of halogens is 1. The van der Waals surface area contributed by atoms with Gasteiger partial charge in [-0.25, -0.2) is 4.63 Å². The second kappa shape index (κ2) is 9.20. The van der Waals surface area contributed by atoms with Crippen LogP contribution in [-0.4, -0.2) is 29.5 Å². The predicted octanol–water partition coefficient (Wildman–Crippen LogP) is 1.13. The molecular weight excluding hydrogens is 440 g/mol. The fourth-order valence-electron chi connectivity index (χ4n) is 2.49. The number of anilines is 1. The molecule has 1 heterocycles. The van der Waals surface area contributed by atoms with Crippen molar-refractivity contribution in [1.82, 2.24) is 10.3 Å². The van der Waals surface area contributed by atoms with Gasteiger partial charge in [-0.3, -0.25) is 0 Å². The van der Waals surface area contributed by atoms with Gasteiger partial charge in [0.05, 0.1) is 11.6 Å². The fourth-order valence-corrected chi connectivity index (χ4v) is 3.06. The lowest BCUT2D eigenvalue weighted by Gasteiger charge is -2.14. The molecule has 1 aromatic heterocycles. The highest BCUT2D eigenvalue weighted by molar-refractivity contribution is 9.10. The zero-order valence-corrected chi connectivity index (χ0v) is 17.4. The topological polar surface area (TPSA) is 136 Å². The maximum Gasteiger partial charge on any atom is 0.224 e. The van der Waals surface area contributed by atoms with E-state index in [1.54, 1.807) is 13.3 Å². The third-order valence-electron chi connectivity index (χ3n) is 4.06. The van der Waals surface area contributed by atoms with E-state index in [9.17, 15) is 0 Å². The van der Waals surface area contributed by atoms with Crippen LogP contribution >= 0.6 is 15.9 Å². The van der Waals surface area contributed by atoms with Gasteiger partial charge in [0, 0.05) is 10.7 Å². The van der Waals surface area contributed by atoms with E-state index in [4.69, 9.17) is 20.9 Å². The van der Waals surface area contributed by atoms with Gasteiger partial charge in [0.2, 0.25) is 12.1 Å². The highest BCUT2D eigenvalue weighted by atomic mass is 79.9. The van der Waals surface area contributed by atoms with Crippen molar-refractivity contribution in [1.29, 1.82) is 0 Å². The maximum absolute atomic E-state index is 5.99. The summed E-state index contributed by atoms with van der Waals surface area (Å²) in [6, 6.07) is 11.7. The highest BCUT2D eigenvalue weighted by Crippen LogP contribution is 2.36. The van der Waals surface area contributed by atoms with Crippen LogP contribution < -0.4 is 26.0 Å². The molecule has 3 rings (SSSR count). The minimum absolute atomic E-state index is 0.0456. The first-order valence-electron chi connectivity index (χ1n) is 8.54. The summed E-state index contributed by atoms with van der Waals surface area (Å²) >= 11 is 3.53. The summed E-state index contributed by atoms with van der Waals surface area (Å²) in [6.45, 7) is 2.47. The van der Waals surface area contributed by atoms with Crippen molar-refractivity contribution in [3.05, 3.63) is 63.3 Å². The number of hydrogen-bond donors (Lipinski definition) is 3. The third kappa shape index (κ3) is 4.91. The average molecular weight is 460 g/mol. The number of hydrogen-bond acceptors (Lipinski definition) is 7. The van der Waals surface area contributed by atoms with Crippen molar-refractivity contribution in [3.63, 3.8) is 0 Å². The van der Waals surface area contributed by atoms with Gasteiger partial charge in [0.15, 0.2) is 23.0 Å². The molecule has 0 atom stereocenters. The van der Waals surface area contributed by atoms with Gasteiger partial charge >= 0.3 is 0 Å². The van der Waals surface area contributed by atoms with Crippen LogP contribution in [0, 0.1) is 6.92 Å². The normalized spacial score (nSPS) is 11.8. The number of ether oxygens (including phenoxy) is 2. The fraction of sp³-hybridized carbons (Fsp3) is 0.158. The first-order chi connectivity index (χ1) is 14.0. The minimum Gasteiger partial charge on any atom is -0.493 e. The highest BCUT2D eigenvalue weighted by Gasteiger charge is 2.14. The van der Waals surface area contributed by atoms with Crippen LogP contribution in [0.1, 0.15) is 22.4 Å². The van der Waals surface area contributed by atoms with E-state index in [1.807, 2.05) is 43.3 Å². The monoisotopic (exact) mass is 459 g/mol. The molecule has 0 bridgehead atoms. The Morgan fingerprint density at radius 1 is 1.31 bits per heavy atom. The number of aromatic nitrogens is 2. The molecule has 0 radical (unpaired) electrons. The van der Waals surface area contributed by atoms with Crippen molar-refractivity contribution >= 4 is 33.8 Å². The smallest absolute Gasteiger partial charge is 0.224 e. The summed E-state index contributed by atoms with van der Waals surface area (Å²) in [5.74, 6) is 1.29. The molecular formula is C19H20BrN6O3+. The first kappa shape index (κ1) is 20.3. The lowest BCUT2D eigenvalue weighted by molar-refractivity contribution is -0.456. The standard InChI is InChI=1S/C19H19BrN6O3/c1-11-5-3-4-6-13(11)10-28-17-14(20)7-12(8-15(17)27-2)9-23-24-18(21)16-19(22)26-29-25-16/h3-9H,10H2,1-2H3,(H2,21,24)(H2,22,26)/p+1/b23-9+. The Labute approximate surface area is 175 Å². The Balaban J connectivity index is 1.77. The zero-order chi connectivity index (χ0) is 20.8. The summed E-state index contributed by atoms with van der Waals surface area (Å²) < 4.78 is 16.7. The van der Waals surface area contributed by atoms with Gasteiger partial charge in [-0.2, -0.15) is 0 Å².